The maximum absolute atomic E-state index is 12.1. The van der Waals surface area contributed by atoms with Gasteiger partial charge in [0.25, 0.3) is 0 Å². The lowest BCUT2D eigenvalue weighted by atomic mass is 9.87. The SMILES string of the molecule is N#CC1(C(=O)NCCc2ccc(Cl)cc2)CCCC1. The first-order chi connectivity index (χ1) is 9.16. The highest BCUT2D eigenvalue weighted by molar-refractivity contribution is 6.30. The second-order valence-electron chi connectivity index (χ2n) is 5.03. The minimum absolute atomic E-state index is 0.110. The molecule has 1 aromatic rings. The topological polar surface area (TPSA) is 52.9 Å². The van der Waals surface area contributed by atoms with Gasteiger partial charge in [0.05, 0.1) is 6.07 Å². The van der Waals surface area contributed by atoms with Crippen LogP contribution in [0.5, 0.6) is 0 Å². The highest BCUT2D eigenvalue weighted by Crippen LogP contribution is 2.37. The van der Waals surface area contributed by atoms with Gasteiger partial charge >= 0.3 is 0 Å². The standard InChI is InChI=1S/C15H17ClN2O/c16-13-5-3-12(4-6-13)7-10-18-14(19)15(11-17)8-1-2-9-15/h3-6H,1-2,7-10H2,(H,18,19). The summed E-state index contributed by atoms with van der Waals surface area (Å²) in [6, 6.07) is 9.78. The van der Waals surface area contributed by atoms with Gasteiger partial charge in [-0.2, -0.15) is 5.26 Å². The number of nitrogens with one attached hydrogen (secondary N) is 1. The van der Waals surface area contributed by atoms with Crippen LogP contribution in [-0.4, -0.2) is 12.5 Å². The number of amides is 1. The molecule has 19 heavy (non-hydrogen) atoms. The van der Waals surface area contributed by atoms with Crippen LogP contribution in [0.25, 0.3) is 0 Å². The normalized spacial score (nSPS) is 16.8. The van der Waals surface area contributed by atoms with Crippen molar-refractivity contribution < 1.29 is 4.79 Å². The van der Waals surface area contributed by atoms with E-state index < -0.39 is 5.41 Å². The van der Waals surface area contributed by atoms with Crippen LogP contribution in [0.3, 0.4) is 0 Å². The quantitative estimate of drug-likeness (QED) is 0.919. The van der Waals surface area contributed by atoms with Gasteiger partial charge in [-0.3, -0.25) is 4.79 Å². The number of carbonyl (C=O) groups is 1. The summed E-state index contributed by atoms with van der Waals surface area (Å²) in [6.07, 6.45) is 4.08. The Morgan fingerprint density at radius 3 is 2.53 bits per heavy atom. The van der Waals surface area contributed by atoms with Crippen molar-refractivity contribution in [3.63, 3.8) is 0 Å². The van der Waals surface area contributed by atoms with Crippen LogP contribution in [0, 0.1) is 16.7 Å². The summed E-state index contributed by atoms with van der Waals surface area (Å²) < 4.78 is 0. The molecule has 1 fully saturated rings. The molecule has 1 aliphatic carbocycles. The molecule has 0 bridgehead atoms. The molecule has 4 heteroatoms. The summed E-state index contributed by atoms with van der Waals surface area (Å²) in [5, 5.41) is 12.8. The Bertz CT molecular complexity index is 484. The third-order valence-corrected chi connectivity index (χ3v) is 3.97. The van der Waals surface area contributed by atoms with E-state index in [2.05, 4.69) is 11.4 Å². The summed E-state index contributed by atoms with van der Waals surface area (Å²) in [5.74, 6) is -0.110. The summed E-state index contributed by atoms with van der Waals surface area (Å²) in [6.45, 7) is 0.559. The van der Waals surface area contributed by atoms with Gasteiger partial charge in [-0.05, 0) is 37.0 Å². The fraction of sp³-hybridized carbons (Fsp3) is 0.467. The van der Waals surface area contributed by atoms with E-state index in [9.17, 15) is 10.1 Å². The van der Waals surface area contributed by atoms with Gasteiger partial charge in [-0.1, -0.05) is 36.6 Å². The Hall–Kier alpha value is -1.53. The van der Waals surface area contributed by atoms with Gasteiger partial charge in [-0.25, -0.2) is 0 Å². The van der Waals surface area contributed by atoms with Gasteiger partial charge in [0.2, 0.25) is 5.91 Å². The van der Waals surface area contributed by atoms with E-state index in [0.29, 0.717) is 24.4 Å². The third kappa shape index (κ3) is 3.27. The molecule has 1 saturated carbocycles. The lowest BCUT2D eigenvalue weighted by Gasteiger charge is -2.19. The fourth-order valence-electron chi connectivity index (χ4n) is 2.51. The molecule has 0 aromatic heterocycles. The minimum atomic E-state index is -0.778. The molecule has 3 nitrogen and oxygen atoms in total. The average molecular weight is 277 g/mol. The Morgan fingerprint density at radius 1 is 1.32 bits per heavy atom. The number of rotatable bonds is 4. The van der Waals surface area contributed by atoms with Crippen LogP contribution in [0.2, 0.25) is 5.02 Å². The van der Waals surface area contributed by atoms with Crippen molar-refractivity contribution in [1.82, 2.24) is 5.32 Å². The third-order valence-electron chi connectivity index (χ3n) is 3.72. The molecule has 1 N–H and O–H groups in total. The zero-order chi connectivity index (χ0) is 13.7. The van der Waals surface area contributed by atoms with Crippen molar-refractivity contribution >= 4 is 17.5 Å². The average Bonchev–Trinajstić information content (AvgIpc) is 2.91. The maximum Gasteiger partial charge on any atom is 0.240 e. The zero-order valence-corrected chi connectivity index (χ0v) is 11.5. The molecule has 0 saturated heterocycles. The van der Waals surface area contributed by atoms with Crippen molar-refractivity contribution in [2.75, 3.05) is 6.54 Å². The van der Waals surface area contributed by atoms with E-state index in [4.69, 9.17) is 11.6 Å². The Balaban J connectivity index is 1.84. The summed E-state index contributed by atoms with van der Waals surface area (Å²) in [4.78, 5) is 12.1. The molecule has 0 aliphatic heterocycles. The first-order valence-electron chi connectivity index (χ1n) is 6.60. The van der Waals surface area contributed by atoms with Crippen LogP contribution in [0.4, 0.5) is 0 Å². The van der Waals surface area contributed by atoms with E-state index in [-0.39, 0.29) is 5.91 Å². The number of hydrogen-bond donors (Lipinski definition) is 1. The van der Waals surface area contributed by atoms with Gasteiger partial charge in [-0.15, -0.1) is 0 Å². The second-order valence-corrected chi connectivity index (χ2v) is 5.47. The number of nitriles is 1. The van der Waals surface area contributed by atoms with E-state index in [1.165, 1.54) is 0 Å². The molecule has 0 atom stereocenters. The fourth-order valence-corrected chi connectivity index (χ4v) is 2.63. The largest absolute Gasteiger partial charge is 0.354 e. The molecular weight excluding hydrogens is 260 g/mol. The molecule has 0 spiro atoms. The number of benzene rings is 1. The molecule has 1 amide bonds. The predicted molar refractivity (Wildman–Crippen MR) is 74.7 cm³/mol. The first kappa shape index (κ1) is 13.9. The number of halogens is 1. The van der Waals surface area contributed by atoms with Gasteiger partial charge < -0.3 is 5.32 Å². The lowest BCUT2D eigenvalue weighted by molar-refractivity contribution is -0.127. The highest BCUT2D eigenvalue weighted by Gasteiger charge is 2.41. The van der Waals surface area contributed by atoms with Crippen LogP contribution in [-0.2, 0) is 11.2 Å². The van der Waals surface area contributed by atoms with E-state index in [1.807, 2.05) is 24.3 Å². The van der Waals surface area contributed by atoms with Crippen molar-refractivity contribution in [2.45, 2.75) is 32.1 Å². The number of nitrogens with zero attached hydrogens (tertiary/aromatic N) is 1. The monoisotopic (exact) mass is 276 g/mol. The maximum atomic E-state index is 12.1. The van der Waals surface area contributed by atoms with Gasteiger partial charge in [0.15, 0.2) is 0 Å². The summed E-state index contributed by atoms with van der Waals surface area (Å²) in [7, 11) is 0. The van der Waals surface area contributed by atoms with E-state index >= 15 is 0 Å². The molecule has 100 valence electrons. The second kappa shape index (κ2) is 6.08. The van der Waals surface area contributed by atoms with Crippen LogP contribution < -0.4 is 5.32 Å². The Labute approximate surface area is 118 Å². The molecule has 0 unspecified atom stereocenters. The van der Waals surface area contributed by atoms with Crippen molar-refractivity contribution in [1.29, 1.82) is 5.26 Å². The molecule has 0 heterocycles. The predicted octanol–water partition coefficient (Wildman–Crippen LogP) is 3.08. The molecular formula is C15H17ClN2O. The van der Waals surface area contributed by atoms with E-state index in [0.717, 1.165) is 24.8 Å². The van der Waals surface area contributed by atoms with Crippen molar-refractivity contribution in [2.24, 2.45) is 5.41 Å². The molecule has 2 rings (SSSR count). The molecule has 0 radical (unpaired) electrons. The van der Waals surface area contributed by atoms with Gasteiger partial charge in [0, 0.05) is 11.6 Å². The van der Waals surface area contributed by atoms with Crippen molar-refractivity contribution in [3.05, 3.63) is 34.9 Å². The van der Waals surface area contributed by atoms with Crippen LogP contribution >= 0.6 is 11.6 Å². The Morgan fingerprint density at radius 2 is 1.95 bits per heavy atom. The smallest absolute Gasteiger partial charge is 0.240 e. The molecule has 1 aromatic carbocycles. The molecule has 1 aliphatic rings. The van der Waals surface area contributed by atoms with Crippen LogP contribution in [0.15, 0.2) is 24.3 Å². The van der Waals surface area contributed by atoms with Crippen molar-refractivity contribution in [3.8, 4) is 6.07 Å². The van der Waals surface area contributed by atoms with Gasteiger partial charge in [0.1, 0.15) is 5.41 Å². The Kier molecular flexibility index (Phi) is 4.44. The first-order valence-corrected chi connectivity index (χ1v) is 6.98. The van der Waals surface area contributed by atoms with E-state index in [1.54, 1.807) is 0 Å². The summed E-state index contributed by atoms with van der Waals surface area (Å²) in [5.41, 5.74) is 0.349. The van der Waals surface area contributed by atoms with Crippen LogP contribution in [0.1, 0.15) is 31.2 Å². The number of carbonyl (C=O) groups excluding carboxylic acids is 1. The minimum Gasteiger partial charge on any atom is -0.354 e. The summed E-state index contributed by atoms with van der Waals surface area (Å²) >= 11 is 5.81. The highest BCUT2D eigenvalue weighted by atomic mass is 35.5. The number of hydrogen-bond acceptors (Lipinski definition) is 2. The lowest BCUT2D eigenvalue weighted by Crippen LogP contribution is -2.39. The zero-order valence-electron chi connectivity index (χ0n) is 10.8.